The SMILES string of the molecule is COc1ccc(COCC[C@@H](CCC=O)O[Si](c2ccccc2)(c2ccccc2)C(C)(C)C)cc1. The van der Waals surface area contributed by atoms with Crippen LogP contribution in [-0.2, 0) is 20.6 Å². The van der Waals surface area contributed by atoms with E-state index in [0.29, 0.717) is 26.1 Å². The first kappa shape index (κ1) is 26.9. The number of hydrogen-bond acceptors (Lipinski definition) is 4. The van der Waals surface area contributed by atoms with E-state index in [9.17, 15) is 4.79 Å². The highest BCUT2D eigenvalue weighted by Gasteiger charge is 2.51. The Labute approximate surface area is 211 Å². The van der Waals surface area contributed by atoms with Gasteiger partial charge in [0, 0.05) is 19.1 Å². The highest BCUT2D eigenvalue weighted by molar-refractivity contribution is 6.99. The second-order valence-corrected chi connectivity index (χ2v) is 14.1. The van der Waals surface area contributed by atoms with Crippen LogP contribution in [0.4, 0.5) is 0 Å². The van der Waals surface area contributed by atoms with Crippen molar-refractivity contribution in [3.63, 3.8) is 0 Å². The highest BCUT2D eigenvalue weighted by Crippen LogP contribution is 2.38. The minimum atomic E-state index is -2.68. The molecule has 0 aliphatic carbocycles. The smallest absolute Gasteiger partial charge is 0.261 e. The van der Waals surface area contributed by atoms with Crippen LogP contribution >= 0.6 is 0 Å². The van der Waals surface area contributed by atoms with Crippen LogP contribution in [-0.4, -0.2) is 34.4 Å². The molecule has 0 N–H and O–H groups in total. The normalized spacial score (nSPS) is 12.8. The zero-order chi connectivity index (χ0) is 25.2. The number of hydrogen-bond donors (Lipinski definition) is 0. The lowest BCUT2D eigenvalue weighted by Gasteiger charge is -2.45. The average Bonchev–Trinajstić information content (AvgIpc) is 2.88. The molecule has 186 valence electrons. The zero-order valence-corrected chi connectivity index (χ0v) is 22.4. The molecule has 4 nitrogen and oxygen atoms in total. The maximum absolute atomic E-state index is 11.3. The Balaban J connectivity index is 1.83. The van der Waals surface area contributed by atoms with Gasteiger partial charge in [-0.05, 0) is 45.9 Å². The van der Waals surface area contributed by atoms with Crippen LogP contribution in [0.25, 0.3) is 0 Å². The second kappa shape index (κ2) is 12.8. The molecule has 0 aliphatic rings. The summed E-state index contributed by atoms with van der Waals surface area (Å²) in [4.78, 5) is 11.3. The maximum atomic E-state index is 11.3. The number of carbonyl (C=O) groups excluding carboxylic acids is 1. The van der Waals surface area contributed by atoms with E-state index in [2.05, 4.69) is 69.3 Å². The zero-order valence-electron chi connectivity index (χ0n) is 21.4. The van der Waals surface area contributed by atoms with Crippen LogP contribution in [0.1, 0.15) is 45.6 Å². The third-order valence-electron chi connectivity index (χ3n) is 6.38. The van der Waals surface area contributed by atoms with Gasteiger partial charge in [0.05, 0.1) is 13.7 Å². The molecule has 5 heteroatoms. The van der Waals surface area contributed by atoms with Gasteiger partial charge in [0.25, 0.3) is 8.32 Å². The first-order valence-corrected chi connectivity index (χ1v) is 14.2. The summed E-state index contributed by atoms with van der Waals surface area (Å²) in [6, 6.07) is 29.2. The lowest BCUT2D eigenvalue weighted by molar-refractivity contribution is -0.108. The minimum Gasteiger partial charge on any atom is -0.497 e. The standard InChI is InChI=1S/C30H38O4Si/c1-30(2,3)35(28-13-7-5-8-14-28,29-15-9-6-10-16-29)34-27(12-11-22-31)21-23-33-24-25-17-19-26(32-4)20-18-25/h5-10,13-20,22,27H,11-12,21,23-24H2,1-4H3/t27-/m1/s1. The van der Waals surface area contributed by atoms with E-state index in [1.807, 2.05) is 36.4 Å². The molecular weight excluding hydrogens is 452 g/mol. The molecule has 3 rings (SSSR count). The van der Waals surface area contributed by atoms with E-state index in [4.69, 9.17) is 13.9 Å². The summed E-state index contributed by atoms with van der Waals surface area (Å²) in [7, 11) is -1.02. The monoisotopic (exact) mass is 490 g/mol. The van der Waals surface area contributed by atoms with Crippen LogP contribution in [0.5, 0.6) is 5.75 Å². The van der Waals surface area contributed by atoms with Gasteiger partial charge in [-0.25, -0.2) is 0 Å². The Morgan fingerprint density at radius 1 is 0.829 bits per heavy atom. The molecule has 0 spiro atoms. The minimum absolute atomic E-state index is 0.0811. The Hall–Kier alpha value is -2.73. The fraction of sp³-hybridized carbons (Fsp3) is 0.367. The van der Waals surface area contributed by atoms with Crippen molar-refractivity contribution >= 4 is 25.0 Å². The molecule has 0 saturated carbocycles. The van der Waals surface area contributed by atoms with Crippen LogP contribution in [0, 0.1) is 0 Å². The average molecular weight is 491 g/mol. The van der Waals surface area contributed by atoms with Crippen molar-refractivity contribution in [2.45, 2.75) is 57.8 Å². The van der Waals surface area contributed by atoms with Gasteiger partial charge >= 0.3 is 0 Å². The molecule has 0 amide bonds. The lowest BCUT2D eigenvalue weighted by Crippen LogP contribution is -2.67. The fourth-order valence-corrected chi connectivity index (χ4v) is 9.33. The highest BCUT2D eigenvalue weighted by atomic mass is 28.4. The fourth-order valence-electron chi connectivity index (χ4n) is 4.58. The van der Waals surface area contributed by atoms with Gasteiger partial charge in [-0.1, -0.05) is 93.6 Å². The van der Waals surface area contributed by atoms with Crippen molar-refractivity contribution in [3.05, 3.63) is 90.5 Å². The molecular formula is C30H38O4Si. The summed E-state index contributed by atoms with van der Waals surface area (Å²) in [5, 5.41) is 2.38. The van der Waals surface area contributed by atoms with Crippen molar-refractivity contribution in [2.75, 3.05) is 13.7 Å². The number of rotatable bonds is 13. The lowest BCUT2D eigenvalue weighted by atomic mass is 10.1. The van der Waals surface area contributed by atoms with Gasteiger partial charge in [-0.2, -0.15) is 0 Å². The summed E-state index contributed by atoms with van der Waals surface area (Å²) >= 11 is 0. The molecule has 0 fully saturated rings. The quantitative estimate of drug-likeness (QED) is 0.180. The van der Waals surface area contributed by atoms with Crippen LogP contribution in [0.15, 0.2) is 84.9 Å². The maximum Gasteiger partial charge on any atom is 0.261 e. The molecule has 3 aromatic carbocycles. The number of ether oxygens (including phenoxy) is 2. The second-order valence-electron chi connectivity index (χ2n) is 9.84. The molecule has 3 aromatic rings. The molecule has 1 atom stereocenters. The molecule has 0 aromatic heterocycles. The molecule has 0 aliphatic heterocycles. The van der Waals surface area contributed by atoms with E-state index < -0.39 is 8.32 Å². The molecule has 0 bridgehead atoms. The summed E-state index contributed by atoms with van der Waals surface area (Å²) < 4.78 is 18.5. The van der Waals surface area contributed by atoms with Gasteiger partial charge in [-0.15, -0.1) is 0 Å². The van der Waals surface area contributed by atoms with E-state index in [1.165, 1.54) is 10.4 Å². The van der Waals surface area contributed by atoms with Gasteiger partial charge in [0.1, 0.15) is 12.0 Å². The summed E-state index contributed by atoms with van der Waals surface area (Å²) in [5.41, 5.74) is 1.10. The van der Waals surface area contributed by atoms with Crippen LogP contribution < -0.4 is 15.1 Å². The van der Waals surface area contributed by atoms with Crippen molar-refractivity contribution in [3.8, 4) is 5.75 Å². The Morgan fingerprint density at radius 2 is 1.40 bits per heavy atom. The Kier molecular flexibility index (Phi) is 9.84. The third-order valence-corrected chi connectivity index (χ3v) is 11.5. The van der Waals surface area contributed by atoms with Crippen molar-refractivity contribution < 1.29 is 18.7 Å². The molecule has 0 unspecified atom stereocenters. The van der Waals surface area contributed by atoms with Gasteiger partial charge < -0.3 is 18.7 Å². The predicted octanol–water partition coefficient (Wildman–Crippen LogP) is 5.53. The molecule has 0 radical (unpaired) electrons. The molecule has 0 heterocycles. The van der Waals surface area contributed by atoms with Gasteiger partial charge in [0.15, 0.2) is 0 Å². The molecule has 0 saturated heterocycles. The van der Waals surface area contributed by atoms with E-state index >= 15 is 0 Å². The first-order chi connectivity index (χ1) is 16.9. The summed E-state index contributed by atoms with van der Waals surface area (Å²) in [6.45, 7) is 7.92. The summed E-state index contributed by atoms with van der Waals surface area (Å²) in [5.74, 6) is 0.835. The Morgan fingerprint density at radius 3 is 1.89 bits per heavy atom. The van der Waals surface area contributed by atoms with Gasteiger partial charge in [-0.3, -0.25) is 0 Å². The number of aldehydes is 1. The van der Waals surface area contributed by atoms with Crippen LogP contribution in [0.3, 0.4) is 0 Å². The van der Waals surface area contributed by atoms with Crippen LogP contribution in [0.2, 0.25) is 5.04 Å². The Bertz CT molecular complexity index is 974. The number of benzene rings is 3. The van der Waals surface area contributed by atoms with E-state index in [0.717, 1.165) is 24.0 Å². The number of methoxy groups -OCH3 is 1. The van der Waals surface area contributed by atoms with Gasteiger partial charge in [0.2, 0.25) is 0 Å². The van der Waals surface area contributed by atoms with E-state index in [1.54, 1.807) is 7.11 Å². The summed E-state index contributed by atoms with van der Waals surface area (Å²) in [6.07, 6.45) is 2.79. The van der Waals surface area contributed by atoms with Crippen molar-refractivity contribution in [1.82, 2.24) is 0 Å². The third kappa shape index (κ3) is 6.91. The van der Waals surface area contributed by atoms with Crippen molar-refractivity contribution in [1.29, 1.82) is 0 Å². The number of carbonyl (C=O) groups is 1. The predicted molar refractivity (Wildman–Crippen MR) is 145 cm³/mol. The topological polar surface area (TPSA) is 44.8 Å². The van der Waals surface area contributed by atoms with E-state index in [-0.39, 0.29) is 11.1 Å². The first-order valence-electron chi connectivity index (χ1n) is 12.3. The molecule has 35 heavy (non-hydrogen) atoms. The largest absolute Gasteiger partial charge is 0.497 e. The van der Waals surface area contributed by atoms with Crippen molar-refractivity contribution in [2.24, 2.45) is 0 Å².